The molecular weight excluding hydrogens is 460 g/mol. The first kappa shape index (κ1) is 22.8. The largest absolute Gasteiger partial charge is 0.493 e. The average Bonchev–Trinajstić information content (AvgIpc) is 3.49. The monoisotopic (exact) mass is 484 g/mol. The Labute approximate surface area is 206 Å². The van der Waals surface area contributed by atoms with E-state index in [1.54, 1.807) is 36.6 Å². The Bertz CT molecular complexity index is 1580. The highest BCUT2D eigenvalue weighted by Gasteiger charge is 2.21. The molecular formula is C28H24N2O4S. The van der Waals surface area contributed by atoms with E-state index in [0.717, 1.165) is 22.2 Å². The summed E-state index contributed by atoms with van der Waals surface area (Å²) >= 11 is 1.68. The molecule has 176 valence electrons. The van der Waals surface area contributed by atoms with Crippen LogP contribution in [-0.2, 0) is 0 Å². The van der Waals surface area contributed by atoms with Gasteiger partial charge in [-0.15, -0.1) is 11.3 Å². The minimum absolute atomic E-state index is 0.0596. The minimum atomic E-state index is -0.179. The highest BCUT2D eigenvalue weighted by atomic mass is 32.1. The number of ether oxygens (including phenoxy) is 2. The zero-order valence-corrected chi connectivity index (χ0v) is 20.5. The number of aryl methyl sites for hydroxylation is 1. The predicted molar refractivity (Wildman–Crippen MR) is 138 cm³/mol. The number of carbonyl (C=O) groups excluding carboxylic acids is 2. The molecule has 0 saturated carbocycles. The fourth-order valence-electron chi connectivity index (χ4n) is 4.31. The molecule has 0 bridgehead atoms. The van der Waals surface area contributed by atoms with Crippen LogP contribution in [0.25, 0.3) is 26.9 Å². The van der Waals surface area contributed by atoms with E-state index in [9.17, 15) is 9.59 Å². The number of pyridine rings is 1. The fourth-order valence-corrected chi connectivity index (χ4v) is 5.34. The number of aromatic nitrogens is 2. The third-order valence-electron chi connectivity index (χ3n) is 6.13. The topological polar surface area (TPSA) is 69.9 Å². The molecule has 0 unspecified atom stereocenters. The third-order valence-corrected chi connectivity index (χ3v) is 7.27. The van der Waals surface area contributed by atoms with Gasteiger partial charge < -0.3 is 9.47 Å². The molecule has 0 aliphatic carbocycles. The number of imidazole rings is 1. The Morgan fingerprint density at radius 1 is 0.943 bits per heavy atom. The van der Waals surface area contributed by atoms with Crippen molar-refractivity contribution in [2.45, 2.75) is 19.8 Å². The average molecular weight is 485 g/mol. The Kier molecular flexibility index (Phi) is 6.09. The van der Waals surface area contributed by atoms with E-state index in [0.29, 0.717) is 22.9 Å². The number of Topliss-reactive ketones (excluding diaryl/α,β-unsaturated/α-hetero) is 2. The summed E-state index contributed by atoms with van der Waals surface area (Å²) in [6.45, 7) is 2.10. The van der Waals surface area contributed by atoms with Crippen LogP contribution in [0.15, 0.2) is 66.2 Å². The molecule has 0 fully saturated rings. The van der Waals surface area contributed by atoms with E-state index in [4.69, 9.17) is 14.5 Å². The van der Waals surface area contributed by atoms with E-state index < -0.39 is 0 Å². The van der Waals surface area contributed by atoms with Crippen LogP contribution in [0.3, 0.4) is 0 Å². The van der Waals surface area contributed by atoms with Gasteiger partial charge in [0.15, 0.2) is 28.9 Å². The molecule has 2 aromatic carbocycles. The Morgan fingerprint density at radius 3 is 2.54 bits per heavy atom. The SMILES string of the molecule is COc1ccc(C(=O)CCC(=O)c2nc(-c3csc4c(C)cccc34)c3ccccn23)cc1OC. The van der Waals surface area contributed by atoms with Gasteiger partial charge in [-0.3, -0.25) is 14.0 Å². The second kappa shape index (κ2) is 9.35. The van der Waals surface area contributed by atoms with Crippen LogP contribution in [0.4, 0.5) is 0 Å². The van der Waals surface area contributed by atoms with Gasteiger partial charge in [0.2, 0.25) is 0 Å². The molecule has 5 aromatic rings. The van der Waals surface area contributed by atoms with Crippen molar-refractivity contribution < 1.29 is 19.1 Å². The summed E-state index contributed by atoms with van der Waals surface area (Å²) in [7, 11) is 3.07. The number of benzene rings is 2. The molecule has 6 nitrogen and oxygen atoms in total. The van der Waals surface area contributed by atoms with Crippen molar-refractivity contribution in [2.24, 2.45) is 0 Å². The Balaban J connectivity index is 1.44. The number of rotatable bonds is 8. The Hall–Kier alpha value is -3.97. The zero-order chi connectivity index (χ0) is 24.5. The van der Waals surface area contributed by atoms with Crippen molar-refractivity contribution in [3.63, 3.8) is 0 Å². The van der Waals surface area contributed by atoms with Crippen LogP contribution in [0.5, 0.6) is 11.5 Å². The van der Waals surface area contributed by atoms with Crippen LogP contribution in [0, 0.1) is 6.92 Å². The lowest BCUT2D eigenvalue weighted by Gasteiger charge is -2.09. The number of nitrogens with zero attached hydrogens (tertiary/aromatic N) is 2. The predicted octanol–water partition coefficient (Wildman–Crippen LogP) is 6.39. The molecule has 0 aliphatic rings. The summed E-state index contributed by atoms with van der Waals surface area (Å²) in [6.07, 6.45) is 1.98. The number of thiophene rings is 1. The maximum absolute atomic E-state index is 13.2. The van der Waals surface area contributed by atoms with E-state index in [-0.39, 0.29) is 24.4 Å². The van der Waals surface area contributed by atoms with Gasteiger partial charge >= 0.3 is 0 Å². The highest BCUT2D eigenvalue weighted by Crippen LogP contribution is 2.37. The summed E-state index contributed by atoms with van der Waals surface area (Å²) in [5.74, 6) is 1.05. The molecule has 35 heavy (non-hydrogen) atoms. The van der Waals surface area contributed by atoms with Gasteiger partial charge in [0, 0.05) is 45.6 Å². The number of carbonyl (C=O) groups is 2. The lowest BCUT2D eigenvalue weighted by molar-refractivity contribution is 0.0911. The zero-order valence-electron chi connectivity index (χ0n) is 19.7. The smallest absolute Gasteiger partial charge is 0.199 e. The maximum atomic E-state index is 13.2. The first-order valence-electron chi connectivity index (χ1n) is 11.2. The Morgan fingerprint density at radius 2 is 1.74 bits per heavy atom. The summed E-state index contributed by atoms with van der Waals surface area (Å²) in [4.78, 5) is 30.8. The molecule has 3 aromatic heterocycles. The first-order valence-corrected chi connectivity index (χ1v) is 12.1. The van der Waals surface area contributed by atoms with E-state index in [1.165, 1.54) is 17.4 Å². The molecule has 3 heterocycles. The van der Waals surface area contributed by atoms with Crippen molar-refractivity contribution in [1.82, 2.24) is 9.38 Å². The van der Waals surface area contributed by atoms with E-state index >= 15 is 0 Å². The fraction of sp³-hybridized carbons (Fsp3) is 0.179. The van der Waals surface area contributed by atoms with Gasteiger partial charge in [-0.1, -0.05) is 24.3 Å². The number of methoxy groups -OCH3 is 2. The highest BCUT2D eigenvalue weighted by molar-refractivity contribution is 7.18. The molecule has 0 aliphatic heterocycles. The van der Waals surface area contributed by atoms with Gasteiger partial charge in [-0.2, -0.15) is 0 Å². The number of hydrogen-bond donors (Lipinski definition) is 0. The van der Waals surface area contributed by atoms with Gasteiger partial charge in [0.25, 0.3) is 0 Å². The second-order valence-corrected chi connectivity index (χ2v) is 9.14. The molecule has 0 N–H and O–H groups in total. The summed E-state index contributed by atoms with van der Waals surface area (Å²) in [5, 5.41) is 3.23. The number of ketones is 2. The standard InChI is InChI=1S/C28H24N2O4S/c1-17-7-6-8-19-20(16-35-27(17)19)26-21-9-4-5-14-30(21)28(29-26)23(32)12-11-22(31)18-10-13-24(33-2)25(15-18)34-3/h4-10,13-16H,11-12H2,1-3H3. The van der Waals surface area contributed by atoms with Gasteiger partial charge in [0.05, 0.1) is 25.4 Å². The van der Waals surface area contributed by atoms with Crippen molar-refractivity contribution >= 4 is 38.5 Å². The lowest BCUT2D eigenvalue weighted by Crippen LogP contribution is -2.09. The van der Waals surface area contributed by atoms with E-state index in [1.807, 2.05) is 34.9 Å². The van der Waals surface area contributed by atoms with Crippen LogP contribution in [0.2, 0.25) is 0 Å². The van der Waals surface area contributed by atoms with Crippen LogP contribution in [0.1, 0.15) is 39.4 Å². The van der Waals surface area contributed by atoms with Crippen molar-refractivity contribution in [2.75, 3.05) is 14.2 Å². The van der Waals surface area contributed by atoms with Crippen LogP contribution >= 0.6 is 11.3 Å². The van der Waals surface area contributed by atoms with Crippen molar-refractivity contribution in [3.8, 4) is 22.8 Å². The third kappa shape index (κ3) is 4.08. The quantitative estimate of drug-likeness (QED) is 0.239. The molecule has 0 saturated heterocycles. The lowest BCUT2D eigenvalue weighted by atomic mass is 10.0. The second-order valence-electron chi connectivity index (χ2n) is 8.26. The summed E-state index contributed by atoms with van der Waals surface area (Å²) < 4.78 is 13.6. The maximum Gasteiger partial charge on any atom is 0.199 e. The first-order chi connectivity index (χ1) is 17.0. The normalized spacial score (nSPS) is 11.2. The molecule has 0 atom stereocenters. The molecule has 0 amide bonds. The summed E-state index contributed by atoms with van der Waals surface area (Å²) in [5.41, 5.74) is 4.34. The van der Waals surface area contributed by atoms with Gasteiger partial charge in [0.1, 0.15) is 0 Å². The molecule has 0 spiro atoms. The van der Waals surface area contributed by atoms with Crippen molar-refractivity contribution in [1.29, 1.82) is 0 Å². The van der Waals surface area contributed by atoms with Crippen LogP contribution < -0.4 is 9.47 Å². The molecule has 7 heteroatoms. The van der Waals surface area contributed by atoms with Crippen LogP contribution in [-0.4, -0.2) is 35.2 Å². The minimum Gasteiger partial charge on any atom is -0.493 e. The molecule has 5 rings (SSSR count). The van der Waals surface area contributed by atoms with Crippen molar-refractivity contribution in [3.05, 3.63) is 83.1 Å². The van der Waals surface area contributed by atoms with Gasteiger partial charge in [-0.25, -0.2) is 4.98 Å². The number of fused-ring (bicyclic) bond motifs is 2. The molecule has 0 radical (unpaired) electrons. The van der Waals surface area contributed by atoms with E-state index in [2.05, 4.69) is 24.4 Å². The van der Waals surface area contributed by atoms with Gasteiger partial charge in [-0.05, 0) is 42.8 Å². The summed E-state index contributed by atoms with van der Waals surface area (Å²) in [6, 6.07) is 17.0. The number of hydrogen-bond acceptors (Lipinski definition) is 6.